The number of methoxy groups -OCH3 is 2. The third-order valence-electron chi connectivity index (χ3n) is 7.23. The van der Waals surface area contributed by atoms with Crippen molar-refractivity contribution in [3.8, 4) is 22.8 Å². The molecule has 2 aliphatic heterocycles. The van der Waals surface area contributed by atoms with Crippen LogP contribution in [0, 0.1) is 0 Å². The Morgan fingerprint density at radius 1 is 1.13 bits per heavy atom. The molecule has 0 saturated carbocycles. The molecule has 2 unspecified atom stereocenters. The number of halogens is 2. The van der Waals surface area contributed by atoms with Gasteiger partial charge in [-0.05, 0) is 49.1 Å². The van der Waals surface area contributed by atoms with Crippen molar-refractivity contribution in [3.63, 3.8) is 0 Å². The molecule has 10 heteroatoms. The highest BCUT2D eigenvalue weighted by Gasteiger charge is 2.35. The van der Waals surface area contributed by atoms with E-state index in [1.54, 1.807) is 26.4 Å². The van der Waals surface area contributed by atoms with E-state index in [0.717, 1.165) is 42.6 Å². The van der Waals surface area contributed by atoms with Gasteiger partial charge in [-0.1, -0.05) is 30.3 Å². The minimum absolute atomic E-state index is 0.00548. The first kappa shape index (κ1) is 26.0. The van der Waals surface area contributed by atoms with Gasteiger partial charge in [0.1, 0.15) is 11.9 Å². The molecule has 3 N–H and O–H groups in total. The molecule has 1 amide bonds. The molecule has 8 nitrogen and oxygen atoms in total. The van der Waals surface area contributed by atoms with Crippen LogP contribution in [0.3, 0.4) is 0 Å². The van der Waals surface area contributed by atoms with Gasteiger partial charge in [0.05, 0.1) is 32.4 Å². The Kier molecular flexibility index (Phi) is 7.78. The maximum Gasteiger partial charge on any atom is 0.260 e. The number of carbonyl (C=O) groups excluding carboxylic acids is 1. The van der Waals surface area contributed by atoms with E-state index in [0.29, 0.717) is 29.4 Å². The minimum atomic E-state index is -2.58. The maximum absolute atomic E-state index is 14.1. The number of hydrogen-bond donors (Lipinski definition) is 3. The predicted molar refractivity (Wildman–Crippen MR) is 141 cm³/mol. The van der Waals surface area contributed by atoms with E-state index < -0.39 is 12.5 Å². The van der Waals surface area contributed by atoms with Crippen LogP contribution in [0.5, 0.6) is 11.5 Å². The largest absolute Gasteiger partial charge is 0.493 e. The van der Waals surface area contributed by atoms with Gasteiger partial charge in [-0.25, -0.2) is 13.5 Å². The summed E-state index contributed by atoms with van der Waals surface area (Å²) in [6.45, 7) is 1.80. The smallest absolute Gasteiger partial charge is 0.260 e. The first-order valence-corrected chi connectivity index (χ1v) is 12.9. The summed E-state index contributed by atoms with van der Waals surface area (Å²) in [5.41, 5.74) is 3.10. The van der Waals surface area contributed by atoms with Gasteiger partial charge in [0.15, 0.2) is 11.5 Å². The highest BCUT2D eigenvalue weighted by Crippen LogP contribution is 2.41. The molecule has 3 aromatic rings. The molecule has 3 atom stereocenters. The van der Waals surface area contributed by atoms with Gasteiger partial charge in [-0.2, -0.15) is 5.10 Å². The summed E-state index contributed by atoms with van der Waals surface area (Å²) in [7, 11) is 3.10. The molecule has 1 aromatic heterocycles. The van der Waals surface area contributed by atoms with Crippen molar-refractivity contribution in [2.45, 2.75) is 50.2 Å². The molecule has 2 aliphatic rings. The standard InChI is InChI=1S/C28H33F2N5O3/c1-37-24-10-9-19(13-25(24)38-2)21-14-23(28(29)30)35-26(33-21)15-22(34-35)18-7-5-17(6-8-18)12-27(36)32-20-4-3-11-31-16-20/h5-10,13,15,20-21,23,28,31,33H,3-4,11-12,14,16H2,1-2H3,(H,32,36)/t20-,21?,23?/m0/s1. The number of hydrogen-bond acceptors (Lipinski definition) is 6. The van der Waals surface area contributed by atoms with Crippen LogP contribution in [0.25, 0.3) is 11.3 Å². The summed E-state index contributed by atoms with van der Waals surface area (Å²) in [5.74, 6) is 1.65. The molecule has 1 saturated heterocycles. The lowest BCUT2D eigenvalue weighted by atomic mass is 9.97. The zero-order valence-corrected chi connectivity index (χ0v) is 21.5. The van der Waals surface area contributed by atoms with Crippen LogP contribution < -0.4 is 25.4 Å². The van der Waals surface area contributed by atoms with Crippen LogP contribution in [0.1, 0.15) is 42.5 Å². The molecule has 0 spiro atoms. The Labute approximate surface area is 220 Å². The van der Waals surface area contributed by atoms with Crippen molar-refractivity contribution in [2.24, 2.45) is 0 Å². The van der Waals surface area contributed by atoms with Crippen LogP contribution in [0.15, 0.2) is 48.5 Å². The quantitative estimate of drug-likeness (QED) is 0.406. The molecule has 1 fully saturated rings. The second-order valence-corrected chi connectivity index (χ2v) is 9.79. The van der Waals surface area contributed by atoms with Crippen molar-refractivity contribution in [2.75, 3.05) is 32.6 Å². The number of nitrogens with zero attached hydrogens (tertiary/aromatic N) is 2. The molecular weight excluding hydrogens is 492 g/mol. The molecule has 0 aliphatic carbocycles. The summed E-state index contributed by atoms with van der Waals surface area (Å²) >= 11 is 0. The van der Waals surface area contributed by atoms with Crippen LogP contribution in [0.4, 0.5) is 14.6 Å². The molecule has 0 bridgehead atoms. The number of piperidine rings is 1. The van der Waals surface area contributed by atoms with Crippen molar-refractivity contribution in [1.29, 1.82) is 0 Å². The van der Waals surface area contributed by atoms with Crippen molar-refractivity contribution >= 4 is 11.7 Å². The Bertz CT molecular complexity index is 1260. The van der Waals surface area contributed by atoms with Crippen molar-refractivity contribution in [3.05, 3.63) is 59.7 Å². The third kappa shape index (κ3) is 5.60. The number of anilines is 1. The Balaban J connectivity index is 1.31. The normalized spacial score (nSPS) is 20.9. The fourth-order valence-corrected chi connectivity index (χ4v) is 5.21. The van der Waals surface area contributed by atoms with Crippen LogP contribution >= 0.6 is 0 Å². The van der Waals surface area contributed by atoms with Crippen LogP contribution in [-0.2, 0) is 11.2 Å². The molecule has 0 radical (unpaired) electrons. The lowest BCUT2D eigenvalue weighted by molar-refractivity contribution is -0.121. The van der Waals surface area contributed by atoms with E-state index in [2.05, 4.69) is 21.0 Å². The summed E-state index contributed by atoms with van der Waals surface area (Å²) in [6.07, 6.45) is -0.0653. The van der Waals surface area contributed by atoms with Crippen LogP contribution in [-0.4, -0.2) is 55.5 Å². The van der Waals surface area contributed by atoms with E-state index in [4.69, 9.17) is 9.47 Å². The summed E-state index contributed by atoms with van der Waals surface area (Å²) < 4.78 is 40.4. The summed E-state index contributed by atoms with van der Waals surface area (Å²) in [6, 6.07) is 13.5. The minimum Gasteiger partial charge on any atom is -0.493 e. The molecule has 3 heterocycles. The molecule has 5 rings (SSSR count). The van der Waals surface area contributed by atoms with Gasteiger partial charge in [0, 0.05) is 24.2 Å². The number of alkyl halides is 2. The number of benzene rings is 2. The van der Waals surface area contributed by atoms with Gasteiger partial charge in [-0.15, -0.1) is 0 Å². The van der Waals surface area contributed by atoms with E-state index in [1.807, 2.05) is 36.4 Å². The molecule has 2 aromatic carbocycles. The van der Waals surface area contributed by atoms with Gasteiger partial charge in [0.2, 0.25) is 5.91 Å². The zero-order chi connectivity index (χ0) is 26.6. The number of amides is 1. The fourth-order valence-electron chi connectivity index (χ4n) is 5.21. The van der Waals surface area contributed by atoms with Gasteiger partial charge >= 0.3 is 0 Å². The van der Waals surface area contributed by atoms with E-state index in [9.17, 15) is 13.6 Å². The number of rotatable bonds is 8. The molecule has 202 valence electrons. The predicted octanol–water partition coefficient (Wildman–Crippen LogP) is 4.34. The average Bonchev–Trinajstić information content (AvgIpc) is 3.37. The first-order chi connectivity index (χ1) is 18.4. The third-order valence-corrected chi connectivity index (χ3v) is 7.23. The van der Waals surface area contributed by atoms with Gasteiger partial charge in [-0.3, -0.25) is 4.79 Å². The van der Waals surface area contributed by atoms with E-state index >= 15 is 0 Å². The fraction of sp³-hybridized carbons (Fsp3) is 0.429. The molecular formula is C28H33F2N5O3. The van der Waals surface area contributed by atoms with E-state index in [-0.39, 0.29) is 24.4 Å². The second-order valence-electron chi connectivity index (χ2n) is 9.79. The lowest BCUT2D eigenvalue weighted by Gasteiger charge is -2.32. The molecule has 38 heavy (non-hydrogen) atoms. The second kappa shape index (κ2) is 11.4. The maximum atomic E-state index is 14.1. The SMILES string of the molecule is COc1ccc(C2CC(C(F)F)n3nc(-c4ccc(CC(=O)N[C@H]5CCCNC5)cc4)cc3N2)cc1OC. The lowest BCUT2D eigenvalue weighted by Crippen LogP contribution is -2.46. The monoisotopic (exact) mass is 525 g/mol. The number of carbonyl (C=O) groups is 1. The Hall–Kier alpha value is -3.66. The zero-order valence-electron chi connectivity index (χ0n) is 21.5. The van der Waals surface area contributed by atoms with E-state index in [1.165, 1.54) is 4.68 Å². The number of fused-ring (bicyclic) bond motifs is 1. The Morgan fingerprint density at radius 3 is 2.61 bits per heavy atom. The summed E-state index contributed by atoms with van der Waals surface area (Å²) in [5, 5.41) is 14.3. The van der Waals surface area contributed by atoms with Crippen LogP contribution in [0.2, 0.25) is 0 Å². The topological polar surface area (TPSA) is 89.4 Å². The van der Waals surface area contributed by atoms with Crippen molar-refractivity contribution < 1.29 is 23.0 Å². The first-order valence-electron chi connectivity index (χ1n) is 12.9. The highest BCUT2D eigenvalue weighted by molar-refractivity contribution is 5.79. The van der Waals surface area contributed by atoms with Gasteiger partial charge in [0.25, 0.3) is 6.43 Å². The number of aromatic nitrogens is 2. The summed E-state index contributed by atoms with van der Waals surface area (Å²) in [4.78, 5) is 12.4. The highest BCUT2D eigenvalue weighted by atomic mass is 19.3. The van der Waals surface area contributed by atoms with Gasteiger partial charge < -0.3 is 25.4 Å². The Morgan fingerprint density at radius 2 is 1.92 bits per heavy atom. The van der Waals surface area contributed by atoms with Crippen molar-refractivity contribution in [1.82, 2.24) is 20.4 Å². The number of nitrogens with one attached hydrogen (secondary N) is 3. The number of ether oxygens (including phenoxy) is 2. The average molecular weight is 526 g/mol.